The topological polar surface area (TPSA) is 85.2 Å². The normalized spacial score (nSPS) is 10.2. The molecule has 0 atom stereocenters. The van der Waals surface area contributed by atoms with E-state index in [0.717, 1.165) is 10.9 Å². The lowest BCUT2D eigenvalue weighted by molar-refractivity contribution is -0.469. The van der Waals surface area contributed by atoms with Gasteiger partial charge in [0.05, 0.1) is 0 Å². The molecule has 6 nitrogen and oxygen atoms in total. The van der Waals surface area contributed by atoms with Gasteiger partial charge in [0, 0.05) is 22.0 Å². The Bertz CT molecular complexity index is 546. The maximum Gasteiger partial charge on any atom is 0.383 e. The molecule has 0 saturated heterocycles. The van der Waals surface area contributed by atoms with Crippen molar-refractivity contribution in [2.75, 3.05) is 6.54 Å². The molecule has 0 fully saturated rings. The van der Waals surface area contributed by atoms with Crippen molar-refractivity contribution in [1.82, 2.24) is 4.98 Å². The number of esters is 1. The molecular weight excluding hydrogens is 212 g/mol. The Morgan fingerprint density at radius 2 is 2.19 bits per heavy atom. The minimum absolute atomic E-state index is 0.308. The van der Waals surface area contributed by atoms with Crippen LogP contribution >= 0.6 is 0 Å². The number of ether oxygens (including phenoxy) is 1. The van der Waals surface area contributed by atoms with Gasteiger partial charge >= 0.3 is 5.97 Å². The molecule has 0 aliphatic heterocycles. The third kappa shape index (κ3) is 2.00. The summed E-state index contributed by atoms with van der Waals surface area (Å²) in [4.78, 5) is 23.4. The second-order valence-electron chi connectivity index (χ2n) is 3.16. The average molecular weight is 220 g/mol. The summed E-state index contributed by atoms with van der Waals surface area (Å²) in [6.07, 6.45) is 1.50. The van der Waals surface area contributed by atoms with E-state index in [9.17, 15) is 14.9 Å². The lowest BCUT2D eigenvalue weighted by Crippen LogP contribution is -2.19. The van der Waals surface area contributed by atoms with Gasteiger partial charge in [-0.3, -0.25) is 10.1 Å². The summed E-state index contributed by atoms with van der Waals surface area (Å²) in [5.74, 6) is -0.572. The highest BCUT2D eigenvalue weighted by Gasteiger charge is 2.14. The zero-order valence-corrected chi connectivity index (χ0v) is 8.17. The van der Waals surface area contributed by atoms with Crippen molar-refractivity contribution in [2.45, 2.75) is 0 Å². The van der Waals surface area contributed by atoms with Crippen LogP contribution in [0.2, 0.25) is 0 Å². The van der Waals surface area contributed by atoms with Crippen molar-refractivity contribution < 1.29 is 14.5 Å². The number of hydrogen-bond acceptors (Lipinski definition) is 4. The van der Waals surface area contributed by atoms with E-state index in [-0.39, 0.29) is 0 Å². The molecule has 0 bridgehead atoms. The van der Waals surface area contributed by atoms with Crippen LogP contribution < -0.4 is 4.74 Å². The van der Waals surface area contributed by atoms with Gasteiger partial charge in [-0.25, -0.2) is 4.79 Å². The maximum atomic E-state index is 11.1. The standard InChI is InChI=1S/C10H8N2O4/c13-10(6-12(14)15)16-9-5-11-8-4-2-1-3-7(8)9/h1-5,11H,6H2. The van der Waals surface area contributed by atoms with Crippen molar-refractivity contribution in [1.29, 1.82) is 0 Å². The third-order valence-corrected chi connectivity index (χ3v) is 2.03. The number of rotatable bonds is 3. The van der Waals surface area contributed by atoms with E-state index in [0.29, 0.717) is 5.75 Å². The first-order valence-corrected chi connectivity index (χ1v) is 4.55. The summed E-state index contributed by atoms with van der Waals surface area (Å²) in [6.45, 7) is -0.834. The lowest BCUT2D eigenvalue weighted by Gasteiger charge is -1.98. The number of aromatic nitrogens is 1. The van der Waals surface area contributed by atoms with Gasteiger partial charge in [-0.15, -0.1) is 0 Å². The van der Waals surface area contributed by atoms with Gasteiger partial charge in [0.15, 0.2) is 5.75 Å². The second kappa shape index (κ2) is 4.01. The molecule has 0 unspecified atom stereocenters. The first kappa shape index (κ1) is 10.2. The van der Waals surface area contributed by atoms with E-state index in [4.69, 9.17) is 4.74 Å². The number of nitrogens with one attached hydrogen (secondary N) is 1. The van der Waals surface area contributed by atoms with Crippen LogP contribution in [0.3, 0.4) is 0 Å². The molecule has 0 aliphatic carbocycles. The fraction of sp³-hybridized carbons (Fsp3) is 0.100. The fourth-order valence-corrected chi connectivity index (χ4v) is 1.39. The summed E-state index contributed by atoms with van der Waals surface area (Å²) in [5.41, 5.74) is 0.811. The smallest absolute Gasteiger partial charge is 0.383 e. The fourth-order valence-electron chi connectivity index (χ4n) is 1.39. The molecule has 1 heterocycles. The van der Waals surface area contributed by atoms with Gasteiger partial charge in [0.25, 0.3) is 6.54 Å². The first-order valence-electron chi connectivity index (χ1n) is 4.55. The van der Waals surface area contributed by atoms with Crippen LogP contribution in [0.25, 0.3) is 10.9 Å². The molecule has 0 amide bonds. The number of aromatic amines is 1. The van der Waals surface area contributed by atoms with Crippen LogP contribution in [0.5, 0.6) is 5.75 Å². The van der Waals surface area contributed by atoms with Crippen molar-refractivity contribution in [3.63, 3.8) is 0 Å². The number of fused-ring (bicyclic) bond motifs is 1. The zero-order valence-electron chi connectivity index (χ0n) is 8.17. The molecule has 2 rings (SSSR count). The number of para-hydroxylation sites is 1. The van der Waals surface area contributed by atoms with E-state index in [1.165, 1.54) is 6.20 Å². The molecule has 1 aromatic heterocycles. The summed E-state index contributed by atoms with van der Waals surface area (Å²) in [6, 6.07) is 7.21. The molecule has 16 heavy (non-hydrogen) atoms. The van der Waals surface area contributed by atoms with E-state index in [1.807, 2.05) is 12.1 Å². The summed E-state index contributed by atoms with van der Waals surface area (Å²) < 4.78 is 4.87. The quantitative estimate of drug-likeness (QED) is 0.480. The Morgan fingerprint density at radius 1 is 1.44 bits per heavy atom. The molecule has 82 valence electrons. The van der Waals surface area contributed by atoms with Crippen LogP contribution in [0.1, 0.15) is 0 Å². The molecule has 1 aromatic carbocycles. The molecular formula is C10H8N2O4. The van der Waals surface area contributed by atoms with Crippen LogP contribution in [0.15, 0.2) is 30.5 Å². The Kier molecular flexibility index (Phi) is 2.55. The predicted octanol–water partition coefficient (Wildman–Crippen LogP) is 1.35. The second-order valence-corrected chi connectivity index (χ2v) is 3.16. The Hall–Kier alpha value is -2.37. The van der Waals surface area contributed by atoms with Crippen LogP contribution in [-0.4, -0.2) is 22.4 Å². The molecule has 6 heteroatoms. The molecule has 0 spiro atoms. The molecule has 0 saturated carbocycles. The highest BCUT2D eigenvalue weighted by Crippen LogP contribution is 2.24. The van der Waals surface area contributed by atoms with Gasteiger partial charge in [-0.05, 0) is 12.1 Å². The van der Waals surface area contributed by atoms with Crippen molar-refractivity contribution in [3.05, 3.63) is 40.6 Å². The number of nitrogens with zero attached hydrogens (tertiary/aromatic N) is 1. The first-order chi connectivity index (χ1) is 7.66. The van der Waals surface area contributed by atoms with Gasteiger partial charge in [0.2, 0.25) is 0 Å². The van der Waals surface area contributed by atoms with Crippen LogP contribution in [-0.2, 0) is 4.79 Å². The number of carbonyl (C=O) groups excluding carboxylic acids is 1. The van der Waals surface area contributed by atoms with Crippen LogP contribution in [0, 0.1) is 10.1 Å². The van der Waals surface area contributed by atoms with Gasteiger partial charge in [0.1, 0.15) is 0 Å². The largest absolute Gasteiger partial charge is 0.419 e. The SMILES string of the molecule is O=C(C[N+](=O)[O-])Oc1c[nH]c2ccccc12. The van der Waals surface area contributed by atoms with Gasteiger partial charge in [-0.1, -0.05) is 12.1 Å². The minimum Gasteiger partial charge on any atom is -0.419 e. The van der Waals surface area contributed by atoms with E-state index < -0.39 is 17.4 Å². The lowest BCUT2D eigenvalue weighted by atomic mass is 10.2. The van der Waals surface area contributed by atoms with Crippen molar-refractivity contribution >= 4 is 16.9 Å². The number of H-pyrrole nitrogens is 1. The average Bonchev–Trinajstić information content (AvgIpc) is 2.61. The van der Waals surface area contributed by atoms with E-state index in [2.05, 4.69) is 4.98 Å². The number of nitro groups is 1. The number of benzene rings is 1. The molecule has 2 aromatic rings. The van der Waals surface area contributed by atoms with Crippen molar-refractivity contribution in [2.24, 2.45) is 0 Å². The molecule has 1 N–H and O–H groups in total. The van der Waals surface area contributed by atoms with Gasteiger partial charge in [-0.2, -0.15) is 0 Å². The molecule has 0 radical (unpaired) electrons. The Balaban J connectivity index is 2.21. The van der Waals surface area contributed by atoms with Crippen LogP contribution in [0.4, 0.5) is 0 Å². The zero-order chi connectivity index (χ0) is 11.5. The van der Waals surface area contributed by atoms with E-state index >= 15 is 0 Å². The summed E-state index contributed by atoms with van der Waals surface area (Å²) >= 11 is 0. The highest BCUT2D eigenvalue weighted by molar-refractivity contribution is 5.88. The van der Waals surface area contributed by atoms with E-state index in [1.54, 1.807) is 12.1 Å². The summed E-state index contributed by atoms with van der Waals surface area (Å²) in [7, 11) is 0. The third-order valence-electron chi connectivity index (χ3n) is 2.03. The number of carbonyl (C=O) groups is 1. The van der Waals surface area contributed by atoms with Crippen molar-refractivity contribution in [3.8, 4) is 5.75 Å². The summed E-state index contributed by atoms with van der Waals surface area (Å²) in [5, 5.41) is 10.8. The minimum atomic E-state index is -0.880. The Morgan fingerprint density at radius 3 is 2.94 bits per heavy atom. The monoisotopic (exact) mass is 220 g/mol. The van der Waals surface area contributed by atoms with Gasteiger partial charge < -0.3 is 9.72 Å². The highest BCUT2D eigenvalue weighted by atomic mass is 16.6. The molecule has 0 aliphatic rings. The Labute approximate surface area is 90.0 Å². The number of hydrogen-bond donors (Lipinski definition) is 1. The predicted molar refractivity (Wildman–Crippen MR) is 55.8 cm³/mol. The maximum absolute atomic E-state index is 11.1.